The van der Waals surface area contributed by atoms with Crippen LogP contribution in [0.15, 0.2) is 16.7 Å². The fraction of sp³-hybridized carbons (Fsp3) is 0.611. The first-order valence-electron chi connectivity index (χ1n) is 8.14. The number of halogens is 1. The first-order valence-corrected chi connectivity index (χ1v) is 8.94. The van der Waals surface area contributed by atoms with Crippen LogP contribution in [0.25, 0.3) is 0 Å². The van der Waals surface area contributed by atoms with Crippen LogP contribution in [-0.2, 0) is 11.2 Å². The van der Waals surface area contributed by atoms with Gasteiger partial charge < -0.3 is 9.64 Å². The molecule has 0 N–H and O–H groups in total. The van der Waals surface area contributed by atoms with Gasteiger partial charge in [-0.2, -0.15) is 5.26 Å². The highest BCUT2D eigenvalue weighted by Crippen LogP contribution is 2.36. The van der Waals surface area contributed by atoms with Crippen molar-refractivity contribution in [2.24, 2.45) is 5.41 Å². The Hall–Kier alpha value is -1.61. The number of carbonyl (C=O) groups is 1. The van der Waals surface area contributed by atoms with Crippen molar-refractivity contribution in [2.75, 3.05) is 13.1 Å². The Balaban J connectivity index is 2.04. The number of pyridine rings is 1. The van der Waals surface area contributed by atoms with E-state index in [1.807, 2.05) is 40.0 Å². The number of aryl methyl sites for hydroxylation is 1. The molecule has 1 amide bonds. The second-order valence-corrected chi connectivity index (χ2v) is 8.31. The Kier molecular flexibility index (Phi) is 5.54. The maximum absolute atomic E-state index is 12.2. The van der Waals surface area contributed by atoms with Crippen LogP contribution >= 0.6 is 15.9 Å². The van der Waals surface area contributed by atoms with Crippen LogP contribution in [0.1, 0.15) is 44.9 Å². The summed E-state index contributed by atoms with van der Waals surface area (Å²) in [5.41, 5.74) is 1.02. The van der Waals surface area contributed by atoms with E-state index in [1.165, 1.54) is 0 Å². The number of aromatic nitrogens is 1. The predicted octanol–water partition coefficient (Wildman–Crippen LogP) is 4.24. The normalized spacial score (nSPS) is 17.2. The van der Waals surface area contributed by atoms with Gasteiger partial charge in [0.2, 0.25) is 0 Å². The monoisotopic (exact) mass is 393 g/mol. The average Bonchev–Trinajstić information content (AvgIpc) is 2.49. The molecule has 0 radical (unpaired) electrons. The maximum atomic E-state index is 12.2. The van der Waals surface area contributed by atoms with Crippen molar-refractivity contribution < 1.29 is 9.53 Å². The van der Waals surface area contributed by atoms with Crippen LogP contribution in [0.4, 0.5) is 4.79 Å². The molecule has 130 valence electrons. The number of hydrogen-bond acceptors (Lipinski definition) is 4. The highest BCUT2D eigenvalue weighted by molar-refractivity contribution is 9.10. The summed E-state index contributed by atoms with van der Waals surface area (Å²) in [6.45, 7) is 8.59. The molecule has 2 heterocycles. The molecule has 0 aromatic carbocycles. The summed E-state index contributed by atoms with van der Waals surface area (Å²) in [6.07, 6.45) is 3.46. The molecule has 1 aliphatic heterocycles. The molecule has 0 atom stereocenters. The Morgan fingerprint density at radius 2 is 2.08 bits per heavy atom. The fourth-order valence-corrected chi connectivity index (χ4v) is 3.40. The minimum Gasteiger partial charge on any atom is -0.444 e. The van der Waals surface area contributed by atoms with E-state index in [0.29, 0.717) is 32.4 Å². The zero-order valence-electron chi connectivity index (χ0n) is 14.7. The summed E-state index contributed by atoms with van der Waals surface area (Å²) in [5, 5.41) is 9.74. The van der Waals surface area contributed by atoms with Crippen LogP contribution in [0, 0.1) is 23.7 Å². The van der Waals surface area contributed by atoms with E-state index in [2.05, 4.69) is 27.0 Å². The zero-order valence-corrected chi connectivity index (χ0v) is 16.3. The van der Waals surface area contributed by atoms with Gasteiger partial charge in [0.25, 0.3) is 0 Å². The van der Waals surface area contributed by atoms with Gasteiger partial charge in [-0.25, -0.2) is 4.79 Å². The number of nitriles is 1. The molecule has 0 spiro atoms. The first-order chi connectivity index (χ1) is 11.1. The molecule has 1 aromatic heterocycles. The second kappa shape index (κ2) is 7.10. The van der Waals surface area contributed by atoms with Crippen LogP contribution in [0.2, 0.25) is 0 Å². The molecule has 1 aliphatic rings. The number of likely N-dealkylation sites (tertiary alicyclic amines) is 1. The van der Waals surface area contributed by atoms with Crippen molar-refractivity contribution in [2.45, 2.75) is 52.6 Å². The van der Waals surface area contributed by atoms with Gasteiger partial charge in [-0.15, -0.1) is 0 Å². The minimum absolute atomic E-state index is 0.299. The third-order valence-corrected chi connectivity index (χ3v) is 4.94. The van der Waals surface area contributed by atoms with Crippen molar-refractivity contribution in [3.63, 3.8) is 0 Å². The zero-order chi connectivity index (χ0) is 18.0. The Morgan fingerprint density at radius 1 is 1.46 bits per heavy atom. The first kappa shape index (κ1) is 18.7. The van der Waals surface area contributed by atoms with Gasteiger partial charge in [-0.05, 0) is 58.6 Å². The van der Waals surface area contributed by atoms with Gasteiger partial charge >= 0.3 is 6.09 Å². The van der Waals surface area contributed by atoms with Gasteiger partial charge in [-0.3, -0.25) is 4.98 Å². The van der Waals surface area contributed by atoms with Gasteiger partial charge in [-0.1, -0.05) is 15.9 Å². The van der Waals surface area contributed by atoms with Crippen LogP contribution in [0.3, 0.4) is 0 Å². The van der Waals surface area contributed by atoms with Crippen molar-refractivity contribution in [1.82, 2.24) is 9.88 Å². The molecule has 1 fully saturated rings. The molecule has 0 bridgehead atoms. The summed E-state index contributed by atoms with van der Waals surface area (Å²) in [5.74, 6) is 0. The van der Waals surface area contributed by atoms with E-state index < -0.39 is 11.0 Å². The Labute approximate surface area is 152 Å². The number of nitrogens with zero attached hydrogens (tertiary/aromatic N) is 3. The SMILES string of the molecule is Cc1cc(Br)c(CC2(C#N)CCN(C(=O)OC(C)(C)C)CC2)cn1. The number of rotatable bonds is 2. The van der Waals surface area contributed by atoms with Gasteiger partial charge in [0, 0.05) is 29.5 Å². The van der Waals surface area contributed by atoms with Gasteiger partial charge in [0.05, 0.1) is 11.5 Å². The molecule has 0 aliphatic carbocycles. The van der Waals surface area contributed by atoms with Crippen LogP contribution < -0.4 is 0 Å². The molecule has 0 unspecified atom stereocenters. The van der Waals surface area contributed by atoms with Crippen molar-refractivity contribution in [3.8, 4) is 6.07 Å². The summed E-state index contributed by atoms with van der Waals surface area (Å²) in [7, 11) is 0. The lowest BCUT2D eigenvalue weighted by Crippen LogP contribution is -2.45. The lowest BCUT2D eigenvalue weighted by Gasteiger charge is -2.38. The Morgan fingerprint density at radius 3 is 2.58 bits per heavy atom. The molecule has 5 nitrogen and oxygen atoms in total. The summed E-state index contributed by atoms with van der Waals surface area (Å²) < 4.78 is 6.40. The maximum Gasteiger partial charge on any atom is 0.410 e. The molecule has 24 heavy (non-hydrogen) atoms. The standard InChI is InChI=1S/C18H24BrN3O2/c1-13-9-15(19)14(11-21-13)10-18(12-20)5-7-22(8-6-18)16(23)24-17(2,3)4/h9,11H,5-8,10H2,1-4H3. The Bertz CT molecular complexity index is 653. The third kappa shape index (κ3) is 4.70. The van der Waals surface area contributed by atoms with E-state index in [0.717, 1.165) is 15.7 Å². The van der Waals surface area contributed by atoms with Crippen molar-refractivity contribution >= 4 is 22.0 Å². The summed E-state index contributed by atoms with van der Waals surface area (Å²) in [6, 6.07) is 4.46. The summed E-state index contributed by atoms with van der Waals surface area (Å²) >= 11 is 3.56. The van der Waals surface area contributed by atoms with Gasteiger partial charge in [0.1, 0.15) is 5.60 Å². The average molecular weight is 394 g/mol. The lowest BCUT2D eigenvalue weighted by molar-refractivity contribution is 0.0148. The van der Waals surface area contributed by atoms with E-state index in [4.69, 9.17) is 4.74 Å². The lowest BCUT2D eigenvalue weighted by atomic mass is 9.75. The highest BCUT2D eigenvalue weighted by Gasteiger charge is 2.37. The van der Waals surface area contributed by atoms with E-state index in [-0.39, 0.29) is 6.09 Å². The second-order valence-electron chi connectivity index (χ2n) is 7.45. The van der Waals surface area contributed by atoms with E-state index >= 15 is 0 Å². The number of piperidine rings is 1. The number of carbonyl (C=O) groups excluding carboxylic acids is 1. The number of ether oxygens (including phenoxy) is 1. The quantitative estimate of drug-likeness (QED) is 0.753. The van der Waals surface area contributed by atoms with Crippen LogP contribution in [0.5, 0.6) is 0 Å². The van der Waals surface area contributed by atoms with Gasteiger partial charge in [0.15, 0.2) is 0 Å². The largest absolute Gasteiger partial charge is 0.444 e. The van der Waals surface area contributed by atoms with Crippen LogP contribution in [-0.4, -0.2) is 34.7 Å². The van der Waals surface area contributed by atoms with Crippen molar-refractivity contribution in [3.05, 3.63) is 28.0 Å². The fourth-order valence-electron chi connectivity index (χ4n) is 2.82. The molecule has 2 rings (SSSR count). The van der Waals surface area contributed by atoms with E-state index in [9.17, 15) is 10.1 Å². The van der Waals surface area contributed by atoms with Crippen molar-refractivity contribution in [1.29, 1.82) is 5.26 Å². The predicted molar refractivity (Wildman–Crippen MR) is 95.5 cm³/mol. The third-order valence-electron chi connectivity index (χ3n) is 4.20. The number of amides is 1. The molecular formula is C18H24BrN3O2. The number of hydrogen-bond donors (Lipinski definition) is 0. The summed E-state index contributed by atoms with van der Waals surface area (Å²) in [4.78, 5) is 18.2. The minimum atomic E-state index is -0.501. The highest BCUT2D eigenvalue weighted by atomic mass is 79.9. The molecule has 6 heteroatoms. The molecular weight excluding hydrogens is 370 g/mol. The molecule has 1 aromatic rings. The molecule has 0 saturated carbocycles. The topological polar surface area (TPSA) is 66.2 Å². The smallest absolute Gasteiger partial charge is 0.410 e. The molecule has 1 saturated heterocycles. The van der Waals surface area contributed by atoms with E-state index in [1.54, 1.807) is 4.90 Å².